The van der Waals surface area contributed by atoms with E-state index in [1.54, 1.807) is 18.2 Å². The summed E-state index contributed by atoms with van der Waals surface area (Å²) in [4.78, 5) is 0. The van der Waals surface area contributed by atoms with E-state index in [0.29, 0.717) is 17.0 Å². The molecule has 21 heavy (non-hydrogen) atoms. The van der Waals surface area contributed by atoms with Crippen LogP contribution in [0.15, 0.2) is 54.6 Å². The summed E-state index contributed by atoms with van der Waals surface area (Å²) in [6, 6.07) is 16.6. The van der Waals surface area contributed by atoms with E-state index in [4.69, 9.17) is 0 Å². The van der Waals surface area contributed by atoms with Crippen molar-refractivity contribution in [3.63, 3.8) is 0 Å². The molecule has 1 aliphatic rings. The van der Waals surface area contributed by atoms with Gasteiger partial charge in [-0.3, -0.25) is 5.32 Å². The summed E-state index contributed by atoms with van der Waals surface area (Å²) in [5.41, 5.74) is -0.723. The van der Waals surface area contributed by atoms with Crippen molar-refractivity contribution >= 4 is 11.8 Å². The highest BCUT2D eigenvalue weighted by Crippen LogP contribution is 2.18. The number of nitrogens with one attached hydrogen (secondary N) is 1. The van der Waals surface area contributed by atoms with Crippen LogP contribution in [-0.2, 0) is 6.54 Å². The quantitative estimate of drug-likeness (QED) is 0.598. The second-order valence-corrected chi connectivity index (χ2v) is 5.18. The van der Waals surface area contributed by atoms with Crippen LogP contribution in [0.25, 0.3) is 11.8 Å². The first kappa shape index (κ1) is 13.8. The molecule has 0 aliphatic heterocycles. The molecule has 0 saturated heterocycles. The molecule has 4 heteroatoms. The molecule has 0 aromatic heterocycles. The van der Waals surface area contributed by atoms with Crippen LogP contribution >= 0.6 is 0 Å². The van der Waals surface area contributed by atoms with Crippen LogP contribution in [0.2, 0.25) is 0 Å². The lowest BCUT2D eigenvalue weighted by atomic mass is 9.95. The molecule has 0 heterocycles. The fourth-order valence-electron chi connectivity index (χ4n) is 2.52. The lowest BCUT2D eigenvalue weighted by Gasteiger charge is -2.33. The van der Waals surface area contributed by atoms with Gasteiger partial charge in [0, 0.05) is 11.8 Å². The molecule has 0 bridgehead atoms. The zero-order chi connectivity index (χ0) is 14.9. The molecule has 1 aliphatic carbocycles. The van der Waals surface area contributed by atoms with Gasteiger partial charge in [-0.2, -0.15) is 0 Å². The van der Waals surface area contributed by atoms with Gasteiger partial charge in [0.05, 0.1) is 0 Å². The van der Waals surface area contributed by atoms with Gasteiger partial charge in [0.2, 0.25) is 0 Å². The third-order valence-corrected chi connectivity index (χ3v) is 3.71. The monoisotopic (exact) mass is 283 g/mol. The maximum atomic E-state index is 10.6. The average molecular weight is 283 g/mol. The molecule has 4 N–H and O–H groups in total. The Morgan fingerprint density at radius 1 is 1.00 bits per heavy atom. The van der Waals surface area contributed by atoms with E-state index < -0.39 is 11.8 Å². The first-order chi connectivity index (χ1) is 10.1. The predicted molar refractivity (Wildman–Crippen MR) is 80.4 cm³/mol. The molecule has 0 saturated carbocycles. The van der Waals surface area contributed by atoms with Crippen molar-refractivity contribution in [3.8, 4) is 0 Å². The van der Waals surface area contributed by atoms with Crippen LogP contribution < -0.4 is 15.8 Å². The van der Waals surface area contributed by atoms with Crippen LogP contribution in [0.1, 0.15) is 5.56 Å². The van der Waals surface area contributed by atoms with Gasteiger partial charge in [-0.1, -0.05) is 54.6 Å². The van der Waals surface area contributed by atoms with E-state index in [-0.39, 0.29) is 5.76 Å². The molecular formula is C17H17NO3. The first-order valence-electron chi connectivity index (χ1n) is 6.81. The second-order valence-electron chi connectivity index (χ2n) is 5.18. The number of hydrogen-bond donors (Lipinski definition) is 4. The molecule has 2 aromatic carbocycles. The number of aliphatic hydroxyl groups is 3. The Morgan fingerprint density at radius 2 is 1.67 bits per heavy atom. The smallest absolute Gasteiger partial charge is 0.169 e. The predicted octanol–water partition coefficient (Wildman–Crippen LogP) is -0.0138. The van der Waals surface area contributed by atoms with E-state index in [2.05, 4.69) is 5.32 Å². The summed E-state index contributed by atoms with van der Waals surface area (Å²) >= 11 is 0. The molecule has 2 unspecified atom stereocenters. The standard InChI is InChI=1S/C17H17NO3/c19-15-14-9-5-4-8-13(14)10-17(21,16(15)20)18-11-12-6-2-1-3-7-12/h1-10,16,18-21H,11H2. The fourth-order valence-corrected chi connectivity index (χ4v) is 2.52. The summed E-state index contributed by atoms with van der Waals surface area (Å²) in [5.74, 6) is -0.226. The molecular weight excluding hydrogens is 266 g/mol. The van der Waals surface area contributed by atoms with E-state index in [1.165, 1.54) is 6.08 Å². The molecule has 108 valence electrons. The third-order valence-electron chi connectivity index (χ3n) is 3.71. The van der Waals surface area contributed by atoms with Crippen molar-refractivity contribution in [2.24, 2.45) is 0 Å². The minimum atomic E-state index is -1.70. The third kappa shape index (κ3) is 2.56. The fraction of sp³-hybridized carbons (Fsp3) is 0.176. The zero-order valence-corrected chi connectivity index (χ0v) is 11.4. The van der Waals surface area contributed by atoms with Crippen LogP contribution in [0, 0.1) is 0 Å². The van der Waals surface area contributed by atoms with Crippen molar-refractivity contribution in [2.45, 2.75) is 18.4 Å². The SMILES string of the molecule is OC1=c2ccccc2=CC(O)(NCc2ccccc2)C1O. The first-order valence-corrected chi connectivity index (χ1v) is 6.81. The molecule has 0 fully saturated rings. The number of fused-ring (bicyclic) bond motifs is 1. The van der Waals surface area contributed by atoms with Gasteiger partial charge < -0.3 is 15.3 Å². The van der Waals surface area contributed by atoms with Gasteiger partial charge in [0.1, 0.15) is 5.76 Å². The maximum Gasteiger partial charge on any atom is 0.169 e. The lowest BCUT2D eigenvalue weighted by Crippen LogP contribution is -2.58. The van der Waals surface area contributed by atoms with Crippen molar-refractivity contribution in [2.75, 3.05) is 0 Å². The molecule has 0 radical (unpaired) electrons. The van der Waals surface area contributed by atoms with Gasteiger partial charge in [0.15, 0.2) is 11.8 Å². The Bertz CT molecular complexity index is 757. The molecule has 2 atom stereocenters. The Morgan fingerprint density at radius 3 is 2.43 bits per heavy atom. The summed E-state index contributed by atoms with van der Waals surface area (Å²) < 4.78 is 0. The average Bonchev–Trinajstić information content (AvgIpc) is 2.52. The number of rotatable bonds is 3. The minimum absolute atomic E-state index is 0.226. The van der Waals surface area contributed by atoms with Gasteiger partial charge in [0.25, 0.3) is 0 Å². The molecule has 0 spiro atoms. The normalized spacial score (nSPS) is 24.3. The highest BCUT2D eigenvalue weighted by Gasteiger charge is 2.38. The molecule has 0 amide bonds. The summed E-state index contributed by atoms with van der Waals surface area (Å²) in [5, 5.41) is 35.0. The van der Waals surface area contributed by atoms with Gasteiger partial charge in [-0.25, -0.2) is 0 Å². The van der Waals surface area contributed by atoms with Crippen molar-refractivity contribution in [3.05, 3.63) is 70.6 Å². The van der Waals surface area contributed by atoms with Crippen LogP contribution in [0.4, 0.5) is 0 Å². The molecule has 4 nitrogen and oxygen atoms in total. The Kier molecular flexibility index (Phi) is 3.51. The van der Waals surface area contributed by atoms with E-state index in [1.807, 2.05) is 36.4 Å². The number of benzene rings is 2. The van der Waals surface area contributed by atoms with Crippen molar-refractivity contribution in [1.82, 2.24) is 5.32 Å². The summed E-state index contributed by atoms with van der Waals surface area (Å²) in [6.07, 6.45) is 0.131. The molecule has 3 rings (SSSR count). The zero-order valence-electron chi connectivity index (χ0n) is 11.4. The topological polar surface area (TPSA) is 72.7 Å². The van der Waals surface area contributed by atoms with Crippen molar-refractivity contribution in [1.29, 1.82) is 0 Å². The van der Waals surface area contributed by atoms with Crippen molar-refractivity contribution < 1.29 is 15.3 Å². The van der Waals surface area contributed by atoms with Crippen LogP contribution in [-0.4, -0.2) is 27.1 Å². The largest absolute Gasteiger partial charge is 0.509 e. The van der Waals surface area contributed by atoms with Gasteiger partial charge in [-0.05, 0) is 16.9 Å². The Balaban J connectivity index is 1.93. The Hall–Kier alpha value is -2.14. The second kappa shape index (κ2) is 5.33. The van der Waals surface area contributed by atoms with Gasteiger partial charge in [-0.15, -0.1) is 0 Å². The van der Waals surface area contributed by atoms with E-state index in [9.17, 15) is 15.3 Å². The highest BCUT2D eigenvalue weighted by molar-refractivity contribution is 5.55. The Labute approximate surface area is 122 Å². The summed E-state index contributed by atoms with van der Waals surface area (Å²) in [7, 11) is 0. The number of aliphatic hydroxyl groups excluding tert-OH is 2. The van der Waals surface area contributed by atoms with E-state index in [0.717, 1.165) is 5.56 Å². The summed E-state index contributed by atoms with van der Waals surface area (Å²) in [6.45, 7) is 0.375. The number of hydrogen-bond acceptors (Lipinski definition) is 4. The van der Waals surface area contributed by atoms with E-state index >= 15 is 0 Å². The minimum Gasteiger partial charge on any atom is -0.509 e. The maximum absolute atomic E-state index is 10.6. The highest BCUT2D eigenvalue weighted by atomic mass is 16.4. The van der Waals surface area contributed by atoms with Crippen LogP contribution in [0.3, 0.4) is 0 Å². The molecule has 2 aromatic rings. The van der Waals surface area contributed by atoms with Crippen LogP contribution in [0.5, 0.6) is 0 Å². The lowest BCUT2D eigenvalue weighted by molar-refractivity contribution is -0.0351. The van der Waals surface area contributed by atoms with Gasteiger partial charge >= 0.3 is 0 Å².